The number of hydrazine groups is 1. The van der Waals surface area contributed by atoms with Gasteiger partial charge in [-0.1, -0.05) is 5.16 Å². The maximum atomic E-state index is 10.8. The van der Waals surface area contributed by atoms with Gasteiger partial charge >= 0.3 is 0 Å². The molecule has 0 fully saturated rings. The zero-order valence-corrected chi connectivity index (χ0v) is 10.8. The number of hydrogen-bond acceptors (Lipinski definition) is 8. The summed E-state index contributed by atoms with van der Waals surface area (Å²) >= 11 is 0. The van der Waals surface area contributed by atoms with Crippen molar-refractivity contribution in [2.45, 2.75) is 13.3 Å². The summed E-state index contributed by atoms with van der Waals surface area (Å²) < 4.78 is 4.97. The summed E-state index contributed by atoms with van der Waals surface area (Å²) in [6.07, 6.45) is 0.523. The molecule has 0 aliphatic carbocycles. The fourth-order valence-corrected chi connectivity index (χ4v) is 1.66. The van der Waals surface area contributed by atoms with Gasteiger partial charge in [-0.3, -0.25) is 16.0 Å². The van der Waals surface area contributed by atoms with Crippen LogP contribution in [0.5, 0.6) is 0 Å². The Bertz CT molecular complexity index is 612. The van der Waals surface area contributed by atoms with Gasteiger partial charge < -0.3 is 15.3 Å². The number of anilines is 2. The van der Waals surface area contributed by atoms with Gasteiger partial charge in [0.25, 0.3) is 5.69 Å². The Hall–Kier alpha value is -2.68. The molecule has 1 aromatic heterocycles. The highest BCUT2D eigenvalue weighted by Crippen LogP contribution is 2.23. The standard InChI is InChI=1S/C11H14N6O3/c1-7-14-11(20-16-7)2-3-13-8-4-9(15-12)6-10(5-8)17(18)19/h4-6,13,15H,2-3,12H2,1H3. The van der Waals surface area contributed by atoms with E-state index in [1.807, 2.05) is 0 Å². The smallest absolute Gasteiger partial charge is 0.273 e. The number of aryl methyl sites for hydroxylation is 1. The van der Waals surface area contributed by atoms with Crippen LogP contribution in [0, 0.1) is 17.0 Å². The number of hydrogen-bond donors (Lipinski definition) is 3. The number of nitro benzene ring substituents is 1. The van der Waals surface area contributed by atoms with E-state index in [1.165, 1.54) is 12.1 Å². The van der Waals surface area contributed by atoms with Gasteiger partial charge in [-0.25, -0.2) is 0 Å². The van der Waals surface area contributed by atoms with Crippen molar-refractivity contribution in [3.05, 3.63) is 40.0 Å². The number of non-ortho nitro benzene ring substituents is 1. The largest absolute Gasteiger partial charge is 0.384 e. The molecule has 0 spiro atoms. The lowest BCUT2D eigenvalue weighted by atomic mass is 10.2. The van der Waals surface area contributed by atoms with Gasteiger partial charge in [0.05, 0.1) is 10.6 Å². The summed E-state index contributed by atoms with van der Waals surface area (Å²) in [4.78, 5) is 14.4. The Morgan fingerprint density at radius 3 is 2.75 bits per heavy atom. The summed E-state index contributed by atoms with van der Waals surface area (Å²) in [5.41, 5.74) is 3.38. The van der Waals surface area contributed by atoms with E-state index in [9.17, 15) is 10.1 Å². The van der Waals surface area contributed by atoms with Crippen LogP contribution in [0.15, 0.2) is 22.7 Å². The van der Waals surface area contributed by atoms with Crippen molar-refractivity contribution in [3.8, 4) is 0 Å². The molecule has 106 valence electrons. The number of nitrogens with one attached hydrogen (secondary N) is 2. The quantitative estimate of drug-likeness (QED) is 0.408. The molecule has 1 aromatic carbocycles. The van der Waals surface area contributed by atoms with Crippen molar-refractivity contribution >= 4 is 17.1 Å². The molecule has 0 atom stereocenters. The van der Waals surface area contributed by atoms with Gasteiger partial charge in [0, 0.05) is 30.8 Å². The third-order valence-corrected chi connectivity index (χ3v) is 2.53. The predicted octanol–water partition coefficient (Wildman–Crippen LogP) is 1.23. The molecule has 0 radical (unpaired) electrons. The predicted molar refractivity (Wildman–Crippen MR) is 72.1 cm³/mol. The number of nitro groups is 1. The van der Waals surface area contributed by atoms with Crippen molar-refractivity contribution in [2.75, 3.05) is 17.3 Å². The van der Waals surface area contributed by atoms with E-state index in [1.54, 1.807) is 13.0 Å². The van der Waals surface area contributed by atoms with Crippen molar-refractivity contribution in [3.63, 3.8) is 0 Å². The number of nitrogens with zero attached hydrogens (tertiary/aromatic N) is 3. The topological polar surface area (TPSA) is 132 Å². The molecule has 4 N–H and O–H groups in total. The minimum atomic E-state index is -0.479. The van der Waals surface area contributed by atoms with Crippen LogP contribution in [0.25, 0.3) is 0 Å². The molecule has 9 nitrogen and oxygen atoms in total. The molecule has 0 aliphatic heterocycles. The van der Waals surface area contributed by atoms with Gasteiger partial charge in [-0.15, -0.1) is 0 Å². The van der Waals surface area contributed by atoms with Crippen molar-refractivity contribution in [2.24, 2.45) is 5.84 Å². The Morgan fingerprint density at radius 2 is 2.15 bits per heavy atom. The molecular weight excluding hydrogens is 264 g/mol. The van der Waals surface area contributed by atoms with Crippen LogP contribution >= 0.6 is 0 Å². The third kappa shape index (κ3) is 3.42. The van der Waals surface area contributed by atoms with Crippen molar-refractivity contribution in [1.82, 2.24) is 10.1 Å². The zero-order chi connectivity index (χ0) is 14.5. The van der Waals surface area contributed by atoms with Crippen LogP contribution in [-0.4, -0.2) is 21.6 Å². The van der Waals surface area contributed by atoms with Gasteiger partial charge in [-0.05, 0) is 13.0 Å². The Balaban J connectivity index is 2.01. The summed E-state index contributed by atoms with van der Waals surface area (Å²) in [5, 5.41) is 17.5. The SMILES string of the molecule is Cc1noc(CCNc2cc(NN)cc([N+](=O)[O-])c2)n1. The monoisotopic (exact) mass is 278 g/mol. The summed E-state index contributed by atoms with van der Waals surface area (Å²) in [7, 11) is 0. The van der Waals surface area contributed by atoms with Gasteiger partial charge in [0.2, 0.25) is 5.89 Å². The molecule has 0 saturated heterocycles. The Kier molecular flexibility index (Phi) is 4.11. The highest BCUT2D eigenvalue weighted by Gasteiger charge is 2.09. The van der Waals surface area contributed by atoms with Crippen LogP contribution in [-0.2, 0) is 6.42 Å². The van der Waals surface area contributed by atoms with E-state index in [0.717, 1.165) is 0 Å². The second-order valence-corrected chi connectivity index (χ2v) is 4.08. The van der Waals surface area contributed by atoms with Crippen LogP contribution < -0.4 is 16.6 Å². The van der Waals surface area contributed by atoms with E-state index >= 15 is 0 Å². The van der Waals surface area contributed by atoms with Crippen molar-refractivity contribution in [1.29, 1.82) is 0 Å². The lowest BCUT2D eigenvalue weighted by Crippen LogP contribution is -2.09. The molecule has 0 bridgehead atoms. The van der Waals surface area contributed by atoms with Crippen molar-refractivity contribution < 1.29 is 9.45 Å². The highest BCUT2D eigenvalue weighted by molar-refractivity contribution is 5.63. The van der Waals surface area contributed by atoms with Crippen LogP contribution in [0.2, 0.25) is 0 Å². The zero-order valence-electron chi connectivity index (χ0n) is 10.8. The summed E-state index contributed by atoms with van der Waals surface area (Å²) in [6, 6.07) is 4.46. The summed E-state index contributed by atoms with van der Waals surface area (Å²) in [6.45, 7) is 2.24. The lowest BCUT2D eigenvalue weighted by molar-refractivity contribution is -0.384. The van der Waals surface area contributed by atoms with Gasteiger partial charge in [-0.2, -0.15) is 4.98 Å². The average molecular weight is 278 g/mol. The molecule has 0 amide bonds. The molecule has 1 heterocycles. The third-order valence-electron chi connectivity index (χ3n) is 2.53. The number of benzene rings is 1. The first-order chi connectivity index (χ1) is 9.58. The first-order valence-corrected chi connectivity index (χ1v) is 5.87. The van der Waals surface area contributed by atoms with Crippen LogP contribution in [0.1, 0.15) is 11.7 Å². The van der Waals surface area contributed by atoms with Gasteiger partial charge in [0.15, 0.2) is 5.82 Å². The normalized spacial score (nSPS) is 10.3. The van der Waals surface area contributed by atoms with E-state index < -0.39 is 4.92 Å². The minimum Gasteiger partial charge on any atom is -0.384 e. The number of nitrogen functional groups attached to an aromatic ring is 1. The maximum absolute atomic E-state index is 10.8. The van der Waals surface area contributed by atoms with Crippen LogP contribution in [0.4, 0.5) is 17.1 Å². The molecular formula is C11H14N6O3. The minimum absolute atomic E-state index is 0.0448. The number of rotatable bonds is 6. The maximum Gasteiger partial charge on any atom is 0.273 e. The van der Waals surface area contributed by atoms with E-state index in [-0.39, 0.29) is 5.69 Å². The van der Waals surface area contributed by atoms with E-state index in [2.05, 4.69) is 20.9 Å². The Morgan fingerprint density at radius 1 is 1.40 bits per heavy atom. The first kappa shape index (κ1) is 13.7. The fraction of sp³-hybridized carbons (Fsp3) is 0.273. The highest BCUT2D eigenvalue weighted by atomic mass is 16.6. The molecule has 0 aliphatic rings. The fourth-order valence-electron chi connectivity index (χ4n) is 1.66. The molecule has 2 rings (SSSR count). The lowest BCUT2D eigenvalue weighted by Gasteiger charge is -2.07. The molecule has 2 aromatic rings. The number of nitrogens with two attached hydrogens (primary N) is 1. The molecule has 20 heavy (non-hydrogen) atoms. The van der Waals surface area contributed by atoms with E-state index in [0.29, 0.717) is 36.1 Å². The summed E-state index contributed by atoms with van der Waals surface area (Å²) in [5.74, 6) is 6.36. The Labute approximate surface area is 114 Å². The second kappa shape index (κ2) is 5.97. The van der Waals surface area contributed by atoms with Gasteiger partial charge in [0.1, 0.15) is 0 Å². The van der Waals surface area contributed by atoms with E-state index in [4.69, 9.17) is 10.4 Å². The first-order valence-electron chi connectivity index (χ1n) is 5.87. The van der Waals surface area contributed by atoms with Crippen LogP contribution in [0.3, 0.4) is 0 Å². The number of aromatic nitrogens is 2. The second-order valence-electron chi connectivity index (χ2n) is 4.08. The molecule has 0 unspecified atom stereocenters. The average Bonchev–Trinajstić information content (AvgIpc) is 2.84. The molecule has 9 heteroatoms. The molecule has 0 saturated carbocycles.